The molecule has 7 heteroatoms. The van der Waals surface area contributed by atoms with Crippen molar-refractivity contribution in [3.8, 4) is 0 Å². The maximum atomic E-state index is 12.5. The Kier molecular flexibility index (Phi) is 34.2. The second kappa shape index (κ2) is 34.9. The largest absolute Gasteiger partial charge is 0.387 e. The van der Waals surface area contributed by atoms with E-state index in [1.165, 1.54) is 161 Å². The molecule has 280 valence electrons. The van der Waals surface area contributed by atoms with E-state index in [1.807, 2.05) is 6.08 Å². The molecular weight excluding hydrogens is 607 g/mol. The minimum Gasteiger partial charge on any atom is -0.387 e. The van der Waals surface area contributed by atoms with Gasteiger partial charge in [0.15, 0.2) is 0 Å². The predicted molar refractivity (Wildman–Crippen MR) is 203 cm³/mol. The number of carbonyl (C=O) groups excluding carboxylic acids is 1. The van der Waals surface area contributed by atoms with Gasteiger partial charge in [-0.05, 0) is 19.3 Å². The molecule has 0 bridgehead atoms. The molecule has 6 nitrogen and oxygen atoms in total. The normalized spacial score (nSPS) is 13.4. The molecule has 0 aliphatic heterocycles. The van der Waals surface area contributed by atoms with E-state index < -0.39 is 28.0 Å². The van der Waals surface area contributed by atoms with Gasteiger partial charge in [0, 0.05) is 6.42 Å². The van der Waals surface area contributed by atoms with Crippen molar-refractivity contribution in [3.05, 3.63) is 12.2 Å². The fourth-order valence-corrected chi connectivity index (χ4v) is 7.13. The maximum absolute atomic E-state index is 12.5. The second-order valence-corrected chi connectivity index (χ2v) is 15.8. The highest BCUT2D eigenvalue weighted by Crippen LogP contribution is 2.16. The number of allylic oxidation sites excluding steroid dienone is 1. The van der Waals surface area contributed by atoms with Crippen molar-refractivity contribution in [1.29, 1.82) is 0 Å². The van der Waals surface area contributed by atoms with Gasteiger partial charge in [0.05, 0.1) is 17.9 Å². The van der Waals surface area contributed by atoms with Gasteiger partial charge in [-0.15, -0.1) is 0 Å². The van der Waals surface area contributed by atoms with Crippen LogP contribution in [0.1, 0.15) is 219 Å². The highest BCUT2D eigenvalue weighted by Gasteiger charge is 2.24. The molecule has 47 heavy (non-hydrogen) atoms. The van der Waals surface area contributed by atoms with Crippen molar-refractivity contribution in [3.63, 3.8) is 0 Å². The van der Waals surface area contributed by atoms with Crippen LogP contribution >= 0.6 is 0 Å². The molecule has 2 atom stereocenters. The Morgan fingerprint density at radius 3 is 1.21 bits per heavy atom. The molecule has 3 N–H and O–H groups in total. The number of amides is 1. The molecule has 0 saturated carbocycles. The number of aliphatic hydroxyl groups is 1. The van der Waals surface area contributed by atoms with Crippen LogP contribution in [0.3, 0.4) is 0 Å². The fourth-order valence-electron chi connectivity index (χ4n) is 6.39. The summed E-state index contributed by atoms with van der Waals surface area (Å²) in [5, 5.41) is 13.2. The van der Waals surface area contributed by atoms with Crippen molar-refractivity contribution < 1.29 is 22.9 Å². The van der Waals surface area contributed by atoms with Crippen molar-refractivity contribution in [1.82, 2.24) is 5.32 Å². The highest BCUT2D eigenvalue weighted by molar-refractivity contribution is 7.85. The molecule has 0 saturated heterocycles. The number of unbranched alkanes of at least 4 members (excludes halogenated alkanes) is 29. The zero-order valence-electron chi connectivity index (χ0n) is 31.2. The number of carbonyl (C=O) groups is 1. The number of hydrogen-bond donors (Lipinski definition) is 3. The number of nitrogens with one attached hydrogen (secondary N) is 1. The Labute approximate surface area is 292 Å². The number of aliphatic hydroxyl groups excluding tert-OH is 1. The van der Waals surface area contributed by atoms with Crippen LogP contribution in [0.2, 0.25) is 0 Å². The lowest BCUT2D eigenvalue weighted by molar-refractivity contribution is -0.122. The van der Waals surface area contributed by atoms with Gasteiger partial charge in [-0.25, -0.2) is 0 Å². The van der Waals surface area contributed by atoms with Crippen molar-refractivity contribution in [2.45, 2.75) is 231 Å². The number of rotatable bonds is 37. The summed E-state index contributed by atoms with van der Waals surface area (Å²) in [6.07, 6.45) is 42.0. The summed E-state index contributed by atoms with van der Waals surface area (Å²) in [4.78, 5) is 12.5. The SMILES string of the molecule is CCCCCCCCCCCCCCCCCCCC/C=C/C(O)C(CS(=O)(=O)O)NC(=O)CCCCCCCCCCCCCC. The summed E-state index contributed by atoms with van der Waals surface area (Å²) in [6, 6.07) is -1.05. The third kappa shape index (κ3) is 36.2. The zero-order chi connectivity index (χ0) is 34.7. The molecule has 0 aliphatic rings. The number of hydrogen-bond acceptors (Lipinski definition) is 4. The van der Waals surface area contributed by atoms with Gasteiger partial charge in [0.1, 0.15) is 0 Å². The molecule has 1 amide bonds. The van der Waals surface area contributed by atoms with E-state index in [2.05, 4.69) is 19.2 Å². The van der Waals surface area contributed by atoms with Crippen LogP contribution < -0.4 is 5.32 Å². The smallest absolute Gasteiger partial charge is 0.267 e. The van der Waals surface area contributed by atoms with Crippen molar-refractivity contribution >= 4 is 16.0 Å². The Morgan fingerprint density at radius 1 is 0.553 bits per heavy atom. The first-order valence-corrected chi connectivity index (χ1v) is 22.0. The summed E-state index contributed by atoms with van der Waals surface area (Å²) in [7, 11) is -4.33. The topological polar surface area (TPSA) is 104 Å². The van der Waals surface area contributed by atoms with Gasteiger partial charge in [-0.2, -0.15) is 8.42 Å². The molecule has 0 aromatic rings. The van der Waals surface area contributed by atoms with E-state index in [0.29, 0.717) is 6.42 Å². The molecule has 0 aliphatic carbocycles. The Hall–Kier alpha value is -0.920. The highest BCUT2D eigenvalue weighted by atomic mass is 32.2. The molecule has 2 unspecified atom stereocenters. The minimum atomic E-state index is -4.33. The van der Waals surface area contributed by atoms with E-state index in [9.17, 15) is 22.9 Å². The van der Waals surface area contributed by atoms with Crippen LogP contribution in [-0.2, 0) is 14.9 Å². The molecule has 0 radical (unpaired) electrons. The van der Waals surface area contributed by atoms with Crippen molar-refractivity contribution in [2.75, 3.05) is 5.75 Å². The standard InChI is InChI=1S/C40H79NO5S/c1-3-5-7-9-11-13-15-17-18-19-20-21-22-23-24-25-27-29-31-33-35-39(42)38(37-47(44,45)46)41-40(43)36-34-32-30-28-26-16-14-12-10-8-6-4-2/h33,35,38-39,42H,3-32,34,36-37H2,1-2H3,(H,41,43)(H,44,45,46)/b35-33+. The van der Waals surface area contributed by atoms with Crippen LogP contribution in [0.5, 0.6) is 0 Å². The monoisotopic (exact) mass is 686 g/mol. The Morgan fingerprint density at radius 2 is 0.872 bits per heavy atom. The average Bonchev–Trinajstić information content (AvgIpc) is 3.03. The molecule has 0 aromatic carbocycles. The van der Waals surface area contributed by atoms with Crippen LogP contribution in [0, 0.1) is 0 Å². The van der Waals surface area contributed by atoms with Gasteiger partial charge >= 0.3 is 0 Å². The first-order valence-electron chi connectivity index (χ1n) is 20.4. The van der Waals surface area contributed by atoms with E-state index >= 15 is 0 Å². The lowest BCUT2D eigenvalue weighted by atomic mass is 10.0. The third-order valence-corrected chi connectivity index (χ3v) is 10.2. The average molecular weight is 686 g/mol. The zero-order valence-corrected chi connectivity index (χ0v) is 32.0. The third-order valence-electron chi connectivity index (χ3n) is 9.46. The predicted octanol–water partition coefficient (Wildman–Crippen LogP) is 11.8. The lowest BCUT2D eigenvalue weighted by Crippen LogP contribution is -2.46. The lowest BCUT2D eigenvalue weighted by Gasteiger charge is -2.21. The fraction of sp³-hybridized carbons (Fsp3) is 0.925. The first-order chi connectivity index (χ1) is 22.8. The van der Waals surface area contributed by atoms with Gasteiger partial charge in [0.2, 0.25) is 5.91 Å². The Balaban J connectivity index is 3.87. The van der Waals surface area contributed by atoms with Crippen LogP contribution in [0.4, 0.5) is 0 Å². The van der Waals surface area contributed by atoms with Gasteiger partial charge in [-0.1, -0.05) is 206 Å². The van der Waals surface area contributed by atoms with Crippen LogP contribution in [0.25, 0.3) is 0 Å². The van der Waals surface area contributed by atoms with Crippen molar-refractivity contribution in [2.24, 2.45) is 0 Å². The van der Waals surface area contributed by atoms with Gasteiger partial charge in [0.25, 0.3) is 10.1 Å². The molecule has 0 rings (SSSR count). The minimum absolute atomic E-state index is 0.276. The van der Waals surface area contributed by atoms with E-state index in [0.717, 1.165) is 38.5 Å². The van der Waals surface area contributed by atoms with Gasteiger partial charge in [-0.3, -0.25) is 9.35 Å². The molecular formula is C40H79NO5S. The summed E-state index contributed by atoms with van der Waals surface area (Å²) in [5.74, 6) is -0.969. The van der Waals surface area contributed by atoms with Crippen LogP contribution in [0.15, 0.2) is 12.2 Å². The summed E-state index contributed by atoms with van der Waals surface area (Å²) >= 11 is 0. The molecule has 0 heterocycles. The van der Waals surface area contributed by atoms with E-state index in [4.69, 9.17) is 0 Å². The van der Waals surface area contributed by atoms with E-state index in [-0.39, 0.29) is 5.91 Å². The second-order valence-electron chi connectivity index (χ2n) is 14.3. The summed E-state index contributed by atoms with van der Waals surface area (Å²) in [5.41, 5.74) is 0. The molecule has 0 fully saturated rings. The molecule has 0 aromatic heterocycles. The Bertz CT molecular complexity index is 800. The van der Waals surface area contributed by atoms with E-state index in [1.54, 1.807) is 6.08 Å². The van der Waals surface area contributed by atoms with Crippen LogP contribution in [-0.4, -0.2) is 41.9 Å². The van der Waals surface area contributed by atoms with Gasteiger partial charge < -0.3 is 10.4 Å². The summed E-state index contributed by atoms with van der Waals surface area (Å²) < 4.78 is 32.4. The maximum Gasteiger partial charge on any atom is 0.267 e. The quantitative estimate of drug-likeness (QED) is 0.0343. The molecule has 0 spiro atoms. The summed E-state index contributed by atoms with van der Waals surface area (Å²) in [6.45, 7) is 4.52. The first kappa shape index (κ1) is 46.1.